The zero-order valence-corrected chi connectivity index (χ0v) is 5.91. The number of aliphatic imine (C=N–C) groups is 1. The third-order valence-electron chi connectivity index (χ3n) is 1.20. The summed E-state index contributed by atoms with van der Waals surface area (Å²) in [5.74, 6) is 0.656. The summed E-state index contributed by atoms with van der Waals surface area (Å²) in [5, 5.41) is 0. The second kappa shape index (κ2) is 3.54. The predicted octanol–water partition coefficient (Wildman–Crippen LogP) is 1.63. The number of furan rings is 1. The molecule has 0 aliphatic carbocycles. The Kier molecular flexibility index (Phi) is 2.42. The Bertz CT molecular complexity index is 281. The molecule has 0 aliphatic heterocycles. The van der Waals surface area contributed by atoms with Gasteiger partial charge in [0.1, 0.15) is 5.76 Å². The van der Waals surface area contributed by atoms with Gasteiger partial charge in [0.05, 0.1) is 12.8 Å². The van der Waals surface area contributed by atoms with Gasteiger partial charge in [-0.2, -0.15) is 0 Å². The molecular weight excluding hydrogens is 142 g/mol. The van der Waals surface area contributed by atoms with Crippen molar-refractivity contribution in [2.75, 3.05) is 6.54 Å². The summed E-state index contributed by atoms with van der Waals surface area (Å²) in [4.78, 5) is 13.1. The Morgan fingerprint density at radius 3 is 3.18 bits per heavy atom. The first kappa shape index (κ1) is 7.51. The second-order valence-electron chi connectivity index (χ2n) is 1.99. The quantitative estimate of drug-likeness (QED) is 0.484. The topological polar surface area (TPSA) is 42.6 Å². The predicted molar refractivity (Wildman–Crippen MR) is 40.7 cm³/mol. The Labute approximate surface area is 64.1 Å². The Morgan fingerprint density at radius 2 is 2.64 bits per heavy atom. The minimum absolute atomic E-state index is 0.247. The van der Waals surface area contributed by atoms with Crippen molar-refractivity contribution in [3.8, 4) is 0 Å². The lowest BCUT2D eigenvalue weighted by molar-refractivity contribution is 0.551. The molecule has 1 rings (SSSR count). The van der Waals surface area contributed by atoms with E-state index in [1.807, 2.05) is 0 Å². The average molecular weight is 149 g/mol. The first-order valence-electron chi connectivity index (χ1n) is 3.10. The standard InChI is InChI=1S/C8H7NO2/c1-7(5-9-6-10)8-3-2-4-11-8/h2-4H,1,5H2. The fourth-order valence-corrected chi connectivity index (χ4v) is 0.685. The van der Waals surface area contributed by atoms with Gasteiger partial charge < -0.3 is 4.42 Å². The number of nitrogens with zero attached hydrogens (tertiary/aromatic N) is 1. The molecule has 1 aromatic heterocycles. The van der Waals surface area contributed by atoms with Crippen LogP contribution in [0.5, 0.6) is 0 Å². The maximum absolute atomic E-state index is 9.72. The van der Waals surface area contributed by atoms with Crippen LogP contribution in [0.15, 0.2) is 34.4 Å². The minimum atomic E-state index is 0.247. The van der Waals surface area contributed by atoms with Crippen LogP contribution in [0.1, 0.15) is 5.76 Å². The Balaban J connectivity index is 2.63. The highest BCUT2D eigenvalue weighted by Crippen LogP contribution is 2.11. The third-order valence-corrected chi connectivity index (χ3v) is 1.20. The van der Waals surface area contributed by atoms with Crippen LogP contribution in [0.3, 0.4) is 0 Å². The van der Waals surface area contributed by atoms with Gasteiger partial charge in [-0.3, -0.25) is 0 Å². The molecule has 56 valence electrons. The van der Waals surface area contributed by atoms with Gasteiger partial charge in [0.25, 0.3) is 0 Å². The van der Waals surface area contributed by atoms with Crippen LogP contribution in [0.2, 0.25) is 0 Å². The molecule has 0 spiro atoms. The summed E-state index contributed by atoms with van der Waals surface area (Å²) < 4.78 is 5.00. The summed E-state index contributed by atoms with van der Waals surface area (Å²) in [5.41, 5.74) is 0.679. The molecule has 1 heterocycles. The van der Waals surface area contributed by atoms with E-state index in [2.05, 4.69) is 11.6 Å². The van der Waals surface area contributed by atoms with E-state index < -0.39 is 0 Å². The second-order valence-corrected chi connectivity index (χ2v) is 1.99. The number of rotatable bonds is 3. The molecule has 1 aromatic rings. The number of hydrogen-bond donors (Lipinski definition) is 0. The van der Waals surface area contributed by atoms with Crippen molar-refractivity contribution in [2.45, 2.75) is 0 Å². The smallest absolute Gasteiger partial charge is 0.235 e. The summed E-state index contributed by atoms with van der Waals surface area (Å²) in [6.07, 6.45) is 2.98. The molecular formula is C8H7NO2. The minimum Gasteiger partial charge on any atom is -0.465 e. The van der Waals surface area contributed by atoms with Crippen LogP contribution in [-0.2, 0) is 4.79 Å². The molecule has 0 fully saturated rings. The largest absolute Gasteiger partial charge is 0.465 e. The number of isocyanates is 1. The number of hydrogen-bond acceptors (Lipinski definition) is 3. The molecule has 11 heavy (non-hydrogen) atoms. The van der Waals surface area contributed by atoms with Gasteiger partial charge in [-0.05, 0) is 12.1 Å². The van der Waals surface area contributed by atoms with Crippen LogP contribution >= 0.6 is 0 Å². The summed E-state index contributed by atoms with van der Waals surface area (Å²) in [7, 11) is 0. The Hall–Kier alpha value is -1.60. The SMILES string of the molecule is C=C(CN=C=O)c1ccco1. The van der Waals surface area contributed by atoms with Gasteiger partial charge in [0.2, 0.25) is 6.08 Å². The molecule has 0 atom stereocenters. The highest BCUT2D eigenvalue weighted by molar-refractivity contribution is 5.61. The number of carbonyl (C=O) groups excluding carboxylic acids is 1. The van der Waals surface area contributed by atoms with Gasteiger partial charge in [-0.15, -0.1) is 0 Å². The van der Waals surface area contributed by atoms with Crippen LogP contribution in [0, 0.1) is 0 Å². The normalized spacial score (nSPS) is 8.73. The fraction of sp³-hybridized carbons (Fsp3) is 0.125. The van der Waals surface area contributed by atoms with Crippen molar-refractivity contribution in [3.05, 3.63) is 30.7 Å². The molecule has 0 amide bonds. The fourth-order valence-electron chi connectivity index (χ4n) is 0.685. The third kappa shape index (κ3) is 1.92. The zero-order valence-electron chi connectivity index (χ0n) is 5.91. The monoisotopic (exact) mass is 149 g/mol. The first-order chi connectivity index (χ1) is 5.34. The average Bonchev–Trinajstić information content (AvgIpc) is 2.52. The van der Waals surface area contributed by atoms with Crippen LogP contribution in [-0.4, -0.2) is 12.6 Å². The van der Waals surface area contributed by atoms with Crippen molar-refractivity contribution >= 4 is 11.7 Å². The van der Waals surface area contributed by atoms with Crippen molar-refractivity contribution in [1.29, 1.82) is 0 Å². The molecule has 0 saturated carbocycles. The van der Waals surface area contributed by atoms with E-state index in [1.165, 1.54) is 6.08 Å². The molecule has 3 nitrogen and oxygen atoms in total. The lowest BCUT2D eigenvalue weighted by atomic mass is 10.2. The van der Waals surface area contributed by atoms with Gasteiger partial charge in [-0.25, -0.2) is 9.79 Å². The molecule has 0 aliphatic rings. The van der Waals surface area contributed by atoms with Crippen molar-refractivity contribution in [2.24, 2.45) is 4.99 Å². The van der Waals surface area contributed by atoms with E-state index in [4.69, 9.17) is 4.42 Å². The highest BCUT2D eigenvalue weighted by atomic mass is 16.3. The van der Waals surface area contributed by atoms with E-state index >= 15 is 0 Å². The van der Waals surface area contributed by atoms with Crippen molar-refractivity contribution in [3.63, 3.8) is 0 Å². The summed E-state index contributed by atoms with van der Waals surface area (Å²) in [6.45, 7) is 3.92. The molecule has 3 heteroatoms. The van der Waals surface area contributed by atoms with Gasteiger partial charge >= 0.3 is 0 Å². The first-order valence-corrected chi connectivity index (χ1v) is 3.10. The maximum atomic E-state index is 9.72. The van der Waals surface area contributed by atoms with Crippen LogP contribution < -0.4 is 0 Å². The molecule has 0 unspecified atom stereocenters. The van der Waals surface area contributed by atoms with E-state index in [-0.39, 0.29) is 6.54 Å². The zero-order chi connectivity index (χ0) is 8.10. The van der Waals surface area contributed by atoms with E-state index in [0.29, 0.717) is 11.3 Å². The Morgan fingerprint density at radius 1 is 1.82 bits per heavy atom. The van der Waals surface area contributed by atoms with Crippen LogP contribution in [0.25, 0.3) is 5.57 Å². The lowest BCUT2D eigenvalue weighted by Crippen LogP contribution is -1.82. The molecule has 0 aromatic carbocycles. The van der Waals surface area contributed by atoms with Crippen molar-refractivity contribution in [1.82, 2.24) is 0 Å². The van der Waals surface area contributed by atoms with Gasteiger partial charge in [0, 0.05) is 5.57 Å². The highest BCUT2D eigenvalue weighted by Gasteiger charge is 1.98. The van der Waals surface area contributed by atoms with Crippen LogP contribution in [0.4, 0.5) is 0 Å². The summed E-state index contributed by atoms with van der Waals surface area (Å²) >= 11 is 0. The molecule has 0 bridgehead atoms. The van der Waals surface area contributed by atoms with E-state index in [1.54, 1.807) is 18.4 Å². The molecule has 0 saturated heterocycles. The van der Waals surface area contributed by atoms with Crippen molar-refractivity contribution < 1.29 is 9.21 Å². The molecule has 0 N–H and O–H groups in total. The lowest BCUT2D eigenvalue weighted by Gasteiger charge is -1.92. The van der Waals surface area contributed by atoms with E-state index in [9.17, 15) is 4.79 Å². The maximum Gasteiger partial charge on any atom is 0.235 e. The van der Waals surface area contributed by atoms with E-state index in [0.717, 1.165) is 0 Å². The van der Waals surface area contributed by atoms with Gasteiger partial charge in [-0.1, -0.05) is 6.58 Å². The molecule has 0 radical (unpaired) electrons. The van der Waals surface area contributed by atoms with Gasteiger partial charge in [0.15, 0.2) is 0 Å². The summed E-state index contributed by atoms with van der Waals surface area (Å²) in [6, 6.07) is 3.52.